The second-order valence-corrected chi connectivity index (χ2v) is 41.2. The summed E-state index contributed by atoms with van der Waals surface area (Å²) in [5.74, 6) is -3.28. The highest BCUT2D eigenvalue weighted by atomic mass is 35.5. The van der Waals surface area contributed by atoms with E-state index in [4.69, 9.17) is 58.8 Å². The predicted molar refractivity (Wildman–Crippen MR) is 385 cm³/mol. The zero-order valence-corrected chi connectivity index (χ0v) is 65.0. The predicted octanol–water partition coefficient (Wildman–Crippen LogP) is 1.81. The van der Waals surface area contributed by atoms with E-state index < -0.39 is 177 Å². The molecule has 15 atom stereocenters. The van der Waals surface area contributed by atoms with Crippen LogP contribution in [-0.2, 0) is 63.8 Å². The first-order valence-electron chi connectivity index (χ1n) is 34.2. The standard InChI is InChI=1S/C23H29ClN5O8PS.C17H22ClF3N5O8PS.C17H23ClN9O8PS/c24-23-27-20(26-14-8-4-5-9-14)17-21(28-23)29(12-25-17)22-19(31)18(30)15(37-22)11-39(35,36)16(38(32,33)34)10-13-6-2-1-3-7-13;18-16-24-12(23-7-3-1-2-4-7)9-13(25-16)26(6-22-9)14-11(28)10(27)8(34-14)5-36(32,33)15(17(19,20)21)35(29,30)31;18-17-21-12(20-7-3-1-2-4-7)9-14(22-17)27(6-19-9)15-11(29)10(28)8(35-15)5-37(33,34)16(36(30,31)32)13-23-25-26-24-13/h1-3,6-7,12,14-16,18-19,22,30-31H,4-5,8-11H2,(H,26,27,28)(H2,32,33,34);6-8,10-11,14-15,27-28H,1-5H2,(H,23,24,25)(H2,29,30,31);6-8,10-11,15-16,28-29H,1-5H2,(H,20,21,22)(H2,30,31,32)(H,23,24,25,26)/t15-,16?,18-,19-,22-;8-,10-,11-,14-,15?;8-,10-,11-,15-,16?/m111/s1. The van der Waals surface area contributed by atoms with Crippen LogP contribution in [0.1, 0.15) is 112 Å². The summed E-state index contributed by atoms with van der Waals surface area (Å²) in [5, 5.41) is 84.9. The van der Waals surface area contributed by atoms with E-state index in [0.717, 1.165) is 87.9 Å². The van der Waals surface area contributed by atoms with Gasteiger partial charge in [0.15, 0.2) is 104 Å². The molecule has 7 aromatic heterocycles. The summed E-state index contributed by atoms with van der Waals surface area (Å²) in [4.78, 5) is 86.4. The number of hydrogen-bond acceptors (Lipinski definition) is 33. The number of rotatable bonds is 24. The number of aliphatic hydroxyl groups excluding tert-OH is 6. The van der Waals surface area contributed by atoms with Gasteiger partial charge in [-0.3, -0.25) is 27.4 Å². The summed E-state index contributed by atoms with van der Waals surface area (Å²) in [5.41, 5.74) is 1.72. The molecule has 616 valence electrons. The molecular weight excluding hydrogens is 1690 g/mol. The number of fused-ring (bicyclic) bond motifs is 3. The average molecular weight is 1760 g/mol. The number of tetrazole rings is 1. The third-order valence-electron chi connectivity index (χ3n) is 19.5. The summed E-state index contributed by atoms with van der Waals surface area (Å²) >= 11 is 18.3. The first-order chi connectivity index (χ1) is 52.5. The van der Waals surface area contributed by atoms with Gasteiger partial charge in [0.25, 0.3) is 4.99 Å². The molecule has 3 aliphatic carbocycles. The van der Waals surface area contributed by atoms with Crippen LogP contribution < -0.4 is 16.0 Å². The van der Waals surface area contributed by atoms with E-state index in [1.165, 1.54) is 21.8 Å². The maximum atomic E-state index is 13.2. The lowest BCUT2D eigenvalue weighted by molar-refractivity contribution is -0.118. The van der Waals surface area contributed by atoms with Crippen molar-refractivity contribution in [2.45, 2.75) is 196 Å². The highest BCUT2D eigenvalue weighted by molar-refractivity contribution is 7.99. The number of halogens is 6. The fraction of sp³-hybridized carbons (Fsp3) is 0.614. The molecule has 1 aromatic carbocycles. The Morgan fingerprint density at radius 3 is 1.16 bits per heavy atom. The third-order valence-corrected chi connectivity index (χ3v) is 33.3. The molecule has 6 fully saturated rings. The molecule has 16 N–H and O–H groups in total. The number of sulfone groups is 3. The minimum atomic E-state index is -6.20. The first-order valence-corrected chi connectivity index (χ1v) is 45.5. The fourth-order valence-electron chi connectivity index (χ4n) is 14.3. The number of nitrogens with zero attached hydrogens (tertiary/aromatic N) is 15. The van der Waals surface area contributed by atoms with Crippen molar-refractivity contribution in [3.63, 3.8) is 0 Å². The summed E-state index contributed by atoms with van der Waals surface area (Å²) in [6, 6.07) is 8.58. The van der Waals surface area contributed by atoms with Gasteiger partial charge in [-0.05, 0) is 78.9 Å². The smallest absolute Gasteiger partial charge is 0.387 e. The lowest BCUT2D eigenvalue weighted by Crippen LogP contribution is -2.43. The summed E-state index contributed by atoms with van der Waals surface area (Å²) in [6.07, 6.45) is -10.2. The Morgan fingerprint density at radius 1 is 0.500 bits per heavy atom. The number of ether oxygens (including phenoxy) is 3. The maximum Gasteiger partial charge on any atom is 0.417 e. The van der Waals surface area contributed by atoms with Crippen LogP contribution in [-0.4, -0.2) is 271 Å². The van der Waals surface area contributed by atoms with Gasteiger partial charge in [-0.2, -0.15) is 48.3 Å². The van der Waals surface area contributed by atoms with Crippen LogP contribution in [0.25, 0.3) is 33.5 Å². The number of aromatic amines is 1. The topological polar surface area (TPSA) is 645 Å². The number of aromatic nitrogens is 16. The largest absolute Gasteiger partial charge is 0.417 e. The number of alkyl halides is 3. The van der Waals surface area contributed by atoms with Crippen LogP contribution in [0.4, 0.5) is 30.6 Å². The van der Waals surface area contributed by atoms with Crippen LogP contribution in [0, 0.1) is 0 Å². The Labute approximate surface area is 646 Å². The van der Waals surface area contributed by atoms with Gasteiger partial charge >= 0.3 is 29.0 Å². The van der Waals surface area contributed by atoms with Crippen LogP contribution >= 0.6 is 57.6 Å². The van der Waals surface area contributed by atoms with Crippen molar-refractivity contribution in [1.29, 1.82) is 0 Å². The highest BCUT2D eigenvalue weighted by Gasteiger charge is 2.61. The van der Waals surface area contributed by atoms with E-state index in [0.29, 0.717) is 28.2 Å². The number of nitrogens with one attached hydrogen (secondary N) is 4. The number of H-pyrrole nitrogens is 1. The average Bonchev–Trinajstić information content (AvgIpc) is 1.64. The van der Waals surface area contributed by atoms with Crippen molar-refractivity contribution in [3.05, 3.63) is 76.6 Å². The van der Waals surface area contributed by atoms with Crippen molar-refractivity contribution in [3.8, 4) is 0 Å². The minimum Gasteiger partial charge on any atom is -0.387 e. The fourth-order valence-corrected chi connectivity index (χ4v) is 25.9. The van der Waals surface area contributed by atoms with Gasteiger partial charge in [0.1, 0.15) is 54.9 Å². The normalized spacial score (nSPS) is 26.2. The minimum absolute atomic E-state index is 0.0265. The van der Waals surface area contributed by atoms with E-state index in [1.807, 2.05) is 5.21 Å². The van der Waals surface area contributed by atoms with E-state index >= 15 is 0 Å². The van der Waals surface area contributed by atoms with Gasteiger partial charge in [0.05, 0.1) is 36.2 Å². The monoisotopic (exact) mass is 1760 g/mol. The molecule has 0 radical (unpaired) electrons. The molecule has 14 rings (SSSR count). The van der Waals surface area contributed by atoms with Crippen molar-refractivity contribution in [2.75, 3.05) is 33.2 Å². The van der Waals surface area contributed by atoms with Gasteiger partial charge in [0, 0.05) is 24.5 Å². The quantitative estimate of drug-likeness (QED) is 0.0303. The Bertz CT molecular complexity index is 5210. The zero-order chi connectivity index (χ0) is 81.1. The molecular formula is C57H74Cl3F3N19O24P3S3. The van der Waals surface area contributed by atoms with E-state index in [9.17, 15) is 102 Å². The Morgan fingerprint density at radius 2 is 0.848 bits per heavy atom. The van der Waals surface area contributed by atoms with Crippen LogP contribution in [0.2, 0.25) is 15.9 Å². The second-order valence-electron chi connectivity index (χ2n) is 27.4. The van der Waals surface area contributed by atoms with E-state index in [-0.39, 0.29) is 62.3 Å². The first kappa shape index (κ1) is 85.3. The Hall–Kier alpha value is -6.06. The van der Waals surface area contributed by atoms with Crippen molar-refractivity contribution in [1.82, 2.24) is 79.2 Å². The van der Waals surface area contributed by atoms with E-state index in [1.54, 1.807) is 30.3 Å². The van der Waals surface area contributed by atoms with Gasteiger partial charge in [0.2, 0.25) is 26.7 Å². The number of benzene rings is 1. The summed E-state index contributed by atoms with van der Waals surface area (Å²) in [6.45, 7) is 0. The molecule has 3 saturated carbocycles. The Balaban J connectivity index is 0.000000156. The summed E-state index contributed by atoms with van der Waals surface area (Å²) < 4.78 is 173. The van der Waals surface area contributed by atoms with Gasteiger partial charge < -0.3 is 90.2 Å². The van der Waals surface area contributed by atoms with Crippen molar-refractivity contribution >= 4 is 138 Å². The van der Waals surface area contributed by atoms with Gasteiger partial charge in [-0.1, -0.05) is 74.1 Å². The molecule has 8 aromatic rings. The molecule has 55 heteroatoms. The maximum absolute atomic E-state index is 13.2. The van der Waals surface area contributed by atoms with Crippen molar-refractivity contribution < 1.29 is 126 Å². The molecule has 6 aliphatic rings. The van der Waals surface area contributed by atoms with Gasteiger partial charge in [-0.25, -0.2) is 40.2 Å². The number of imidazole rings is 3. The van der Waals surface area contributed by atoms with E-state index in [2.05, 4.69) is 76.2 Å². The molecule has 3 aliphatic heterocycles. The molecule has 0 amide bonds. The molecule has 43 nitrogen and oxygen atoms in total. The SMILES string of the molecule is O=P(O)(O)C(C(F)(F)F)S(=O)(=O)C[C@H]1O[C@@H](n2cnc3c(NC4CCCC4)nc(Cl)nc32)[C@H](O)[C@@H]1O.O=P(O)(O)C(Cc1ccccc1)S(=O)(=O)C[C@H]1O[C@@H](n2cnc3c(NC4CCCC4)nc(Cl)nc32)[C@H](O)[C@@H]1O.O=P(O)(O)C(c1nn[nH]n1)S(=O)(=O)C[C@H]1O[C@@H](n2cnc3c(NC4CCCC4)nc(Cl)nc32)[C@H](O)[C@@H]1O. The number of aliphatic hydroxyl groups is 6. The lowest BCUT2D eigenvalue weighted by atomic mass is 10.1. The summed E-state index contributed by atoms with van der Waals surface area (Å²) in [7, 11) is -31.5. The molecule has 0 spiro atoms. The number of hydrogen-bond donors (Lipinski definition) is 16. The lowest BCUT2D eigenvalue weighted by Gasteiger charge is -2.23. The molecule has 3 unspecified atom stereocenters. The van der Waals surface area contributed by atoms with Gasteiger partial charge in [-0.15, -0.1) is 10.2 Å². The molecule has 0 bridgehead atoms. The molecule has 10 heterocycles. The number of anilines is 3. The van der Waals surface area contributed by atoms with Crippen molar-refractivity contribution in [2.24, 2.45) is 0 Å². The second kappa shape index (κ2) is 33.5. The van der Waals surface area contributed by atoms with Crippen LogP contribution in [0.5, 0.6) is 0 Å². The molecule has 112 heavy (non-hydrogen) atoms. The molecule has 3 saturated heterocycles. The van der Waals surface area contributed by atoms with Crippen LogP contribution in [0.3, 0.4) is 0 Å². The van der Waals surface area contributed by atoms with Crippen LogP contribution in [0.15, 0.2) is 49.3 Å². The third kappa shape index (κ3) is 18.8. The highest BCUT2D eigenvalue weighted by Crippen LogP contribution is 2.56. The Kier molecular flexibility index (Phi) is 25.5. The zero-order valence-electron chi connectivity index (χ0n) is 57.6.